The SMILES string of the molecule is Cc1cc([C@H]2[C@@H](c3ccccn3)NC(=S)N2c2ccc(F)cc2)c(C)n1-n1cnnc1. The number of nitrogens with zero attached hydrogens (tertiary/aromatic N) is 6. The summed E-state index contributed by atoms with van der Waals surface area (Å²) in [6, 6.07) is 14.0. The molecule has 31 heavy (non-hydrogen) atoms. The van der Waals surface area contributed by atoms with Crippen LogP contribution in [0.25, 0.3) is 0 Å². The highest BCUT2D eigenvalue weighted by Gasteiger charge is 2.42. The molecule has 4 aromatic rings. The van der Waals surface area contributed by atoms with Crippen molar-refractivity contribution in [3.63, 3.8) is 0 Å². The van der Waals surface area contributed by atoms with Gasteiger partial charge in [0.1, 0.15) is 18.5 Å². The summed E-state index contributed by atoms with van der Waals surface area (Å²) in [4.78, 5) is 6.62. The van der Waals surface area contributed by atoms with E-state index in [9.17, 15) is 4.39 Å². The number of pyridine rings is 1. The van der Waals surface area contributed by atoms with Crippen LogP contribution in [-0.2, 0) is 0 Å². The summed E-state index contributed by atoms with van der Waals surface area (Å²) in [5, 5.41) is 11.9. The number of hydrogen-bond acceptors (Lipinski definition) is 4. The molecule has 1 N–H and O–H groups in total. The van der Waals surface area contributed by atoms with E-state index in [1.807, 2.05) is 34.7 Å². The minimum absolute atomic E-state index is 0.173. The maximum absolute atomic E-state index is 13.6. The fourth-order valence-corrected chi connectivity index (χ4v) is 4.63. The topological polar surface area (TPSA) is 63.8 Å². The van der Waals surface area contributed by atoms with Gasteiger partial charge < -0.3 is 10.2 Å². The molecule has 1 aromatic carbocycles. The Morgan fingerprint density at radius 1 is 1.03 bits per heavy atom. The van der Waals surface area contributed by atoms with Gasteiger partial charge in [-0.2, -0.15) is 0 Å². The Morgan fingerprint density at radius 3 is 2.45 bits per heavy atom. The maximum Gasteiger partial charge on any atom is 0.174 e. The Bertz CT molecular complexity index is 1220. The Morgan fingerprint density at radius 2 is 1.77 bits per heavy atom. The maximum atomic E-state index is 13.6. The molecule has 0 unspecified atom stereocenters. The molecular formula is C22H20FN7S. The van der Waals surface area contributed by atoms with Crippen molar-refractivity contribution in [2.45, 2.75) is 25.9 Å². The van der Waals surface area contributed by atoms with Crippen LogP contribution >= 0.6 is 12.2 Å². The van der Waals surface area contributed by atoms with Crippen molar-refractivity contribution >= 4 is 23.0 Å². The number of anilines is 1. The number of benzene rings is 1. The number of aromatic nitrogens is 5. The normalized spacial score (nSPS) is 18.4. The molecule has 7 nitrogen and oxygen atoms in total. The third kappa shape index (κ3) is 3.27. The lowest BCUT2D eigenvalue weighted by molar-refractivity contribution is 0.557. The van der Waals surface area contributed by atoms with Crippen molar-refractivity contribution in [2.24, 2.45) is 0 Å². The first-order chi connectivity index (χ1) is 15.0. The molecule has 5 rings (SSSR count). The molecule has 0 saturated carbocycles. The van der Waals surface area contributed by atoms with E-state index in [0.29, 0.717) is 5.11 Å². The van der Waals surface area contributed by atoms with Crippen molar-refractivity contribution in [3.05, 3.63) is 95.8 Å². The van der Waals surface area contributed by atoms with E-state index in [0.717, 1.165) is 28.3 Å². The lowest BCUT2D eigenvalue weighted by Crippen LogP contribution is -2.29. The predicted molar refractivity (Wildman–Crippen MR) is 119 cm³/mol. The van der Waals surface area contributed by atoms with Gasteiger partial charge in [-0.3, -0.25) is 9.66 Å². The first-order valence-electron chi connectivity index (χ1n) is 9.85. The number of halogens is 1. The van der Waals surface area contributed by atoms with Crippen LogP contribution in [0.15, 0.2) is 67.4 Å². The fraction of sp³-hybridized carbons (Fsp3) is 0.182. The largest absolute Gasteiger partial charge is 0.351 e. The molecule has 4 heterocycles. The minimum Gasteiger partial charge on any atom is -0.351 e. The van der Waals surface area contributed by atoms with Gasteiger partial charge in [-0.25, -0.2) is 9.07 Å². The van der Waals surface area contributed by atoms with Crippen LogP contribution in [0.5, 0.6) is 0 Å². The summed E-state index contributed by atoms with van der Waals surface area (Å²) in [6.45, 7) is 4.09. The lowest BCUT2D eigenvalue weighted by Gasteiger charge is -2.28. The van der Waals surface area contributed by atoms with Gasteiger partial charge >= 0.3 is 0 Å². The van der Waals surface area contributed by atoms with Gasteiger partial charge in [0.15, 0.2) is 5.11 Å². The smallest absolute Gasteiger partial charge is 0.174 e. The summed E-state index contributed by atoms with van der Waals surface area (Å²) in [6.07, 6.45) is 5.10. The molecule has 0 radical (unpaired) electrons. The van der Waals surface area contributed by atoms with Crippen LogP contribution < -0.4 is 10.2 Å². The van der Waals surface area contributed by atoms with E-state index >= 15 is 0 Å². The molecule has 2 atom stereocenters. The Kier molecular flexibility index (Phi) is 4.74. The Balaban J connectivity index is 1.68. The monoisotopic (exact) mass is 433 g/mol. The van der Waals surface area contributed by atoms with E-state index in [1.54, 1.807) is 31.0 Å². The van der Waals surface area contributed by atoms with E-state index in [2.05, 4.69) is 38.2 Å². The van der Waals surface area contributed by atoms with Crippen molar-refractivity contribution in [3.8, 4) is 0 Å². The molecule has 0 amide bonds. The second-order valence-electron chi connectivity index (χ2n) is 7.45. The molecular weight excluding hydrogens is 413 g/mol. The zero-order valence-corrected chi connectivity index (χ0v) is 17.8. The van der Waals surface area contributed by atoms with Crippen LogP contribution in [-0.4, -0.2) is 29.6 Å². The zero-order chi connectivity index (χ0) is 21.5. The summed E-state index contributed by atoms with van der Waals surface area (Å²) >= 11 is 5.73. The van der Waals surface area contributed by atoms with Gasteiger partial charge in [0.25, 0.3) is 0 Å². The second kappa shape index (κ2) is 7.59. The summed E-state index contributed by atoms with van der Waals surface area (Å²) in [7, 11) is 0. The first kappa shape index (κ1) is 19.4. The highest BCUT2D eigenvalue weighted by atomic mass is 32.1. The van der Waals surface area contributed by atoms with E-state index in [-0.39, 0.29) is 17.9 Å². The van der Waals surface area contributed by atoms with Gasteiger partial charge in [-0.05, 0) is 68.5 Å². The quantitative estimate of drug-likeness (QED) is 0.495. The van der Waals surface area contributed by atoms with E-state index in [4.69, 9.17) is 12.2 Å². The van der Waals surface area contributed by atoms with Crippen LogP contribution in [0.3, 0.4) is 0 Å². The first-order valence-corrected chi connectivity index (χ1v) is 10.3. The molecule has 156 valence electrons. The molecule has 1 aliphatic heterocycles. The Labute approximate surface area is 184 Å². The lowest BCUT2D eigenvalue weighted by atomic mass is 9.96. The van der Waals surface area contributed by atoms with Crippen molar-refractivity contribution in [1.29, 1.82) is 0 Å². The number of thiocarbonyl (C=S) groups is 1. The Hall–Kier alpha value is -3.59. The average Bonchev–Trinajstić information content (AvgIpc) is 3.47. The number of aryl methyl sites for hydroxylation is 1. The highest BCUT2D eigenvalue weighted by molar-refractivity contribution is 7.80. The van der Waals surface area contributed by atoms with Crippen LogP contribution in [0.1, 0.15) is 34.7 Å². The molecule has 0 spiro atoms. The molecule has 1 aliphatic rings. The van der Waals surface area contributed by atoms with Crippen LogP contribution in [0.2, 0.25) is 0 Å². The van der Waals surface area contributed by atoms with E-state index < -0.39 is 0 Å². The molecule has 1 fully saturated rings. The molecule has 1 saturated heterocycles. The second-order valence-corrected chi connectivity index (χ2v) is 7.84. The highest BCUT2D eigenvalue weighted by Crippen LogP contribution is 2.43. The molecule has 9 heteroatoms. The van der Waals surface area contributed by atoms with Gasteiger partial charge in [0.2, 0.25) is 0 Å². The standard InChI is InChI=1S/C22H20FN7S/c1-14-11-18(15(2)30(14)28-12-25-26-13-28)21-20(19-5-3-4-10-24-19)27-22(31)29(21)17-8-6-16(23)7-9-17/h3-13,20-21H,1-2H3,(H,27,31)/t20-,21+/m1/s1. The molecule has 0 bridgehead atoms. The fourth-order valence-electron chi connectivity index (χ4n) is 4.28. The van der Waals surface area contributed by atoms with Crippen molar-refractivity contribution in [2.75, 3.05) is 4.90 Å². The van der Waals surface area contributed by atoms with Gasteiger partial charge in [0, 0.05) is 28.8 Å². The molecule has 0 aliphatic carbocycles. The average molecular weight is 434 g/mol. The number of hydrogen-bond donors (Lipinski definition) is 1. The number of nitrogens with one attached hydrogen (secondary N) is 1. The van der Waals surface area contributed by atoms with E-state index in [1.165, 1.54) is 12.1 Å². The summed E-state index contributed by atoms with van der Waals surface area (Å²) < 4.78 is 17.5. The van der Waals surface area contributed by atoms with Gasteiger partial charge in [0.05, 0.1) is 17.8 Å². The number of rotatable bonds is 4. The van der Waals surface area contributed by atoms with Crippen LogP contribution in [0, 0.1) is 19.7 Å². The molecule has 3 aromatic heterocycles. The summed E-state index contributed by atoms with van der Waals surface area (Å²) in [5.41, 5.74) is 4.84. The van der Waals surface area contributed by atoms with Gasteiger partial charge in [-0.15, -0.1) is 10.2 Å². The van der Waals surface area contributed by atoms with Crippen molar-refractivity contribution < 1.29 is 4.39 Å². The summed E-state index contributed by atoms with van der Waals surface area (Å²) in [5.74, 6) is -0.287. The third-order valence-electron chi connectivity index (χ3n) is 5.59. The third-order valence-corrected chi connectivity index (χ3v) is 5.91. The zero-order valence-electron chi connectivity index (χ0n) is 17.0. The minimum atomic E-state index is -0.287. The predicted octanol–water partition coefficient (Wildman–Crippen LogP) is 3.72. The van der Waals surface area contributed by atoms with Crippen molar-refractivity contribution in [1.82, 2.24) is 29.9 Å². The van der Waals surface area contributed by atoms with Gasteiger partial charge in [-0.1, -0.05) is 6.07 Å². The van der Waals surface area contributed by atoms with Crippen LogP contribution in [0.4, 0.5) is 10.1 Å².